The van der Waals surface area contributed by atoms with Gasteiger partial charge >= 0.3 is 0 Å². The van der Waals surface area contributed by atoms with Crippen LogP contribution in [0.4, 0.5) is 5.69 Å². The van der Waals surface area contributed by atoms with Crippen LogP contribution < -0.4 is 9.64 Å². The van der Waals surface area contributed by atoms with Gasteiger partial charge in [0.2, 0.25) is 0 Å². The number of fused-ring (bicyclic) bond motifs is 1. The van der Waals surface area contributed by atoms with E-state index in [9.17, 15) is 14.7 Å². The second-order valence-corrected chi connectivity index (χ2v) is 6.88. The quantitative estimate of drug-likeness (QED) is 0.867. The predicted octanol–water partition coefficient (Wildman–Crippen LogP) is 2.90. The fourth-order valence-corrected chi connectivity index (χ4v) is 3.31. The number of carbonyl (C=O) groups excluding carboxylic acids is 2. The minimum Gasteiger partial charge on any atom is -0.492 e. The van der Waals surface area contributed by atoms with Gasteiger partial charge in [-0.1, -0.05) is 35.4 Å². The number of Topliss-reactive ketones (excluding diaryl/α,β-unsaturated/α-hetero) is 1. The SMILES string of the molecule is CC(=O)C[C@@]1(O)C(=O)N(CCOc2ccc(C)cc2)c2ccc(C)cc21. The molecule has 1 aliphatic rings. The summed E-state index contributed by atoms with van der Waals surface area (Å²) in [5, 5.41) is 11.0. The zero-order valence-electron chi connectivity index (χ0n) is 15.3. The highest BCUT2D eigenvalue weighted by Crippen LogP contribution is 2.42. The van der Waals surface area contributed by atoms with Crippen molar-refractivity contribution in [1.29, 1.82) is 0 Å². The Balaban J connectivity index is 1.80. The molecule has 26 heavy (non-hydrogen) atoms. The smallest absolute Gasteiger partial charge is 0.264 e. The number of aliphatic hydroxyl groups is 1. The molecule has 3 rings (SSSR count). The van der Waals surface area contributed by atoms with Crippen LogP contribution in [0.2, 0.25) is 0 Å². The van der Waals surface area contributed by atoms with Crippen LogP contribution in [0, 0.1) is 13.8 Å². The minimum absolute atomic E-state index is 0.225. The number of ether oxygens (including phenoxy) is 1. The fourth-order valence-electron chi connectivity index (χ4n) is 3.31. The second-order valence-electron chi connectivity index (χ2n) is 6.88. The van der Waals surface area contributed by atoms with Gasteiger partial charge in [0.05, 0.1) is 12.2 Å². The van der Waals surface area contributed by atoms with Crippen molar-refractivity contribution in [3.8, 4) is 5.75 Å². The van der Waals surface area contributed by atoms with Crippen LogP contribution in [0.1, 0.15) is 30.0 Å². The van der Waals surface area contributed by atoms with Crippen molar-refractivity contribution in [2.24, 2.45) is 0 Å². The molecule has 0 spiro atoms. The molecule has 0 aliphatic carbocycles. The van der Waals surface area contributed by atoms with E-state index in [1.165, 1.54) is 11.8 Å². The highest BCUT2D eigenvalue weighted by Gasteiger charge is 2.50. The highest BCUT2D eigenvalue weighted by atomic mass is 16.5. The van der Waals surface area contributed by atoms with Gasteiger partial charge in [-0.05, 0) is 39.0 Å². The molecule has 0 saturated heterocycles. The summed E-state index contributed by atoms with van der Waals surface area (Å²) in [4.78, 5) is 26.0. The van der Waals surface area contributed by atoms with Gasteiger partial charge in [0, 0.05) is 12.0 Å². The van der Waals surface area contributed by atoms with Crippen LogP contribution in [0.5, 0.6) is 5.75 Å². The molecule has 0 bridgehead atoms. The first kappa shape index (κ1) is 18.1. The van der Waals surface area contributed by atoms with Crippen molar-refractivity contribution in [1.82, 2.24) is 0 Å². The van der Waals surface area contributed by atoms with Crippen molar-refractivity contribution in [2.45, 2.75) is 32.8 Å². The molecule has 5 heteroatoms. The normalized spacial score (nSPS) is 18.8. The summed E-state index contributed by atoms with van der Waals surface area (Å²) in [6.45, 7) is 5.86. The van der Waals surface area contributed by atoms with Crippen LogP contribution in [-0.2, 0) is 15.2 Å². The van der Waals surface area contributed by atoms with E-state index in [1.807, 2.05) is 50.2 Å². The number of ketones is 1. The van der Waals surface area contributed by atoms with Gasteiger partial charge in [0.15, 0.2) is 5.60 Å². The molecule has 0 fully saturated rings. The van der Waals surface area contributed by atoms with Gasteiger partial charge in [-0.3, -0.25) is 9.59 Å². The third-order valence-electron chi connectivity index (χ3n) is 4.60. The summed E-state index contributed by atoms with van der Waals surface area (Å²) in [7, 11) is 0. The van der Waals surface area contributed by atoms with Crippen molar-refractivity contribution in [3.63, 3.8) is 0 Å². The Morgan fingerprint density at radius 2 is 1.77 bits per heavy atom. The Bertz CT molecular complexity index is 844. The molecule has 0 radical (unpaired) electrons. The molecule has 1 heterocycles. The monoisotopic (exact) mass is 353 g/mol. The lowest BCUT2D eigenvalue weighted by Crippen LogP contribution is -2.43. The number of carbonyl (C=O) groups is 2. The van der Waals surface area contributed by atoms with Crippen molar-refractivity contribution >= 4 is 17.4 Å². The van der Waals surface area contributed by atoms with E-state index in [2.05, 4.69) is 0 Å². The Morgan fingerprint density at radius 3 is 2.42 bits per heavy atom. The molecule has 1 aliphatic heterocycles. The minimum atomic E-state index is -1.79. The van der Waals surface area contributed by atoms with Gasteiger partial charge in [-0.15, -0.1) is 0 Å². The first-order valence-corrected chi connectivity index (χ1v) is 8.65. The average Bonchev–Trinajstić information content (AvgIpc) is 2.77. The Kier molecular flexibility index (Phi) is 4.83. The average molecular weight is 353 g/mol. The Hall–Kier alpha value is -2.66. The first-order chi connectivity index (χ1) is 12.3. The number of hydrogen-bond acceptors (Lipinski definition) is 4. The summed E-state index contributed by atoms with van der Waals surface area (Å²) < 4.78 is 5.72. The molecule has 136 valence electrons. The molecule has 0 saturated carbocycles. The Labute approximate surface area is 153 Å². The molecule has 5 nitrogen and oxygen atoms in total. The highest BCUT2D eigenvalue weighted by molar-refractivity contribution is 6.08. The molecule has 2 aromatic carbocycles. The Morgan fingerprint density at radius 1 is 1.12 bits per heavy atom. The van der Waals surface area contributed by atoms with E-state index in [0.29, 0.717) is 17.8 Å². The van der Waals surface area contributed by atoms with E-state index in [0.717, 1.165) is 16.9 Å². The van der Waals surface area contributed by atoms with Crippen LogP contribution in [-0.4, -0.2) is 29.9 Å². The number of amides is 1. The van der Waals surface area contributed by atoms with E-state index < -0.39 is 11.5 Å². The van der Waals surface area contributed by atoms with Crippen LogP contribution in [0.25, 0.3) is 0 Å². The van der Waals surface area contributed by atoms with Crippen molar-refractivity contribution in [3.05, 3.63) is 59.2 Å². The van der Waals surface area contributed by atoms with Gasteiger partial charge < -0.3 is 14.7 Å². The van der Waals surface area contributed by atoms with Crippen LogP contribution >= 0.6 is 0 Å². The fraction of sp³-hybridized carbons (Fsp3) is 0.333. The third-order valence-corrected chi connectivity index (χ3v) is 4.60. The van der Waals surface area contributed by atoms with E-state index in [4.69, 9.17) is 4.74 Å². The van der Waals surface area contributed by atoms with Crippen molar-refractivity contribution in [2.75, 3.05) is 18.1 Å². The maximum atomic E-state index is 12.9. The largest absolute Gasteiger partial charge is 0.492 e. The van der Waals surface area contributed by atoms with E-state index in [1.54, 1.807) is 6.07 Å². The van der Waals surface area contributed by atoms with Gasteiger partial charge in [0.1, 0.15) is 18.1 Å². The molecule has 2 aromatic rings. The maximum absolute atomic E-state index is 12.9. The van der Waals surface area contributed by atoms with E-state index in [-0.39, 0.29) is 18.8 Å². The van der Waals surface area contributed by atoms with Gasteiger partial charge in [-0.25, -0.2) is 0 Å². The summed E-state index contributed by atoms with van der Waals surface area (Å²) in [6, 6.07) is 13.2. The molecule has 1 amide bonds. The number of rotatable bonds is 6. The summed E-state index contributed by atoms with van der Waals surface area (Å²) in [6.07, 6.45) is -0.225. The van der Waals surface area contributed by atoms with Crippen molar-refractivity contribution < 1.29 is 19.4 Å². The van der Waals surface area contributed by atoms with Gasteiger partial charge in [0.25, 0.3) is 5.91 Å². The zero-order chi connectivity index (χ0) is 18.9. The second kappa shape index (κ2) is 6.92. The molecule has 1 atom stereocenters. The summed E-state index contributed by atoms with van der Waals surface area (Å²) in [5.74, 6) is 0.0252. The summed E-state index contributed by atoms with van der Waals surface area (Å²) >= 11 is 0. The topological polar surface area (TPSA) is 66.8 Å². The third kappa shape index (κ3) is 3.35. The lowest BCUT2D eigenvalue weighted by molar-refractivity contribution is -0.141. The number of aryl methyl sites for hydroxylation is 2. The van der Waals surface area contributed by atoms with Gasteiger partial charge in [-0.2, -0.15) is 0 Å². The molecular formula is C21H23NO4. The zero-order valence-corrected chi connectivity index (χ0v) is 15.3. The lowest BCUT2D eigenvalue weighted by atomic mass is 9.89. The number of nitrogens with zero attached hydrogens (tertiary/aromatic N) is 1. The number of anilines is 1. The molecule has 0 aromatic heterocycles. The first-order valence-electron chi connectivity index (χ1n) is 8.65. The van der Waals surface area contributed by atoms with Crippen LogP contribution in [0.3, 0.4) is 0 Å². The standard InChI is InChI=1S/C21H23NO4/c1-14-4-7-17(8-5-14)26-11-10-22-19-9-6-15(2)12-18(19)21(25,20(22)24)13-16(3)23/h4-9,12,25H,10-11,13H2,1-3H3/t21-/m0/s1. The number of hydrogen-bond donors (Lipinski definition) is 1. The summed E-state index contributed by atoms with van der Waals surface area (Å²) in [5.41, 5.74) is 1.41. The number of benzene rings is 2. The lowest BCUT2D eigenvalue weighted by Gasteiger charge is -2.22. The van der Waals surface area contributed by atoms with Crippen LogP contribution in [0.15, 0.2) is 42.5 Å². The molecule has 1 N–H and O–H groups in total. The predicted molar refractivity (Wildman–Crippen MR) is 99.4 cm³/mol. The molecule has 0 unspecified atom stereocenters. The molecular weight excluding hydrogens is 330 g/mol. The maximum Gasteiger partial charge on any atom is 0.264 e. The van der Waals surface area contributed by atoms with E-state index >= 15 is 0 Å².